The Morgan fingerprint density at radius 1 is 1.19 bits per heavy atom. The molecule has 1 atom stereocenters. The van der Waals surface area contributed by atoms with E-state index in [4.69, 9.17) is 0 Å². The summed E-state index contributed by atoms with van der Waals surface area (Å²) in [6.07, 6.45) is -1.46. The van der Waals surface area contributed by atoms with Crippen molar-refractivity contribution in [3.63, 3.8) is 0 Å². The SMILES string of the molecule is CC(C)=CC(CC(C)(C)c1ccc(C(F)(F)F)cc1)N1CCNC(=O)C1. The summed E-state index contributed by atoms with van der Waals surface area (Å²) in [5, 5.41) is 2.83. The van der Waals surface area contributed by atoms with Crippen molar-refractivity contribution in [2.24, 2.45) is 0 Å². The molecule has 1 N–H and O–H groups in total. The molecule has 3 nitrogen and oxygen atoms in total. The third-order valence-electron chi connectivity index (χ3n) is 4.78. The van der Waals surface area contributed by atoms with Gasteiger partial charge in [0.15, 0.2) is 0 Å². The van der Waals surface area contributed by atoms with E-state index in [1.807, 2.05) is 27.7 Å². The number of hydrogen-bond donors (Lipinski definition) is 1. The smallest absolute Gasteiger partial charge is 0.354 e. The van der Waals surface area contributed by atoms with Gasteiger partial charge in [0.2, 0.25) is 5.91 Å². The Hall–Kier alpha value is -1.82. The highest BCUT2D eigenvalue weighted by atomic mass is 19.4. The van der Waals surface area contributed by atoms with E-state index in [0.29, 0.717) is 13.1 Å². The molecule has 0 radical (unpaired) electrons. The van der Waals surface area contributed by atoms with Crippen LogP contribution in [0.3, 0.4) is 0 Å². The number of carbonyl (C=O) groups excluding carboxylic acids is 1. The number of nitrogens with one attached hydrogen (secondary N) is 1. The number of amides is 1. The molecule has 26 heavy (non-hydrogen) atoms. The molecule has 1 aromatic rings. The topological polar surface area (TPSA) is 32.3 Å². The second-order valence-corrected chi connectivity index (χ2v) is 7.79. The lowest BCUT2D eigenvalue weighted by atomic mass is 9.78. The first-order valence-corrected chi connectivity index (χ1v) is 8.82. The van der Waals surface area contributed by atoms with Crippen LogP contribution in [-0.2, 0) is 16.4 Å². The number of nitrogens with zero attached hydrogens (tertiary/aromatic N) is 1. The first kappa shape index (κ1) is 20.5. The first-order valence-electron chi connectivity index (χ1n) is 8.82. The second kappa shape index (κ2) is 7.82. The van der Waals surface area contributed by atoms with Crippen LogP contribution in [0.5, 0.6) is 0 Å². The van der Waals surface area contributed by atoms with Gasteiger partial charge in [-0.1, -0.05) is 37.6 Å². The fourth-order valence-electron chi connectivity index (χ4n) is 3.37. The standard InChI is InChI=1S/C20H27F3N2O/c1-14(2)11-17(25-10-9-24-18(26)13-25)12-19(3,4)15-5-7-16(8-6-15)20(21,22)23/h5-8,11,17H,9-10,12-13H2,1-4H3,(H,24,26). The number of halogens is 3. The minimum absolute atomic E-state index is 0.00995. The Morgan fingerprint density at radius 2 is 1.77 bits per heavy atom. The van der Waals surface area contributed by atoms with Crippen molar-refractivity contribution in [3.05, 3.63) is 47.0 Å². The van der Waals surface area contributed by atoms with Gasteiger partial charge in [0.25, 0.3) is 0 Å². The van der Waals surface area contributed by atoms with Gasteiger partial charge < -0.3 is 5.32 Å². The fraction of sp³-hybridized carbons (Fsp3) is 0.550. The van der Waals surface area contributed by atoms with Gasteiger partial charge in [0, 0.05) is 19.1 Å². The quantitative estimate of drug-likeness (QED) is 0.793. The van der Waals surface area contributed by atoms with Crippen molar-refractivity contribution in [2.45, 2.75) is 51.7 Å². The largest absolute Gasteiger partial charge is 0.416 e. The molecule has 1 aliphatic heterocycles. The fourth-order valence-corrected chi connectivity index (χ4v) is 3.37. The summed E-state index contributed by atoms with van der Waals surface area (Å²) >= 11 is 0. The van der Waals surface area contributed by atoms with E-state index < -0.39 is 11.7 Å². The zero-order chi connectivity index (χ0) is 19.5. The molecule has 6 heteroatoms. The minimum Gasteiger partial charge on any atom is -0.354 e. The predicted molar refractivity (Wildman–Crippen MR) is 96.9 cm³/mol. The van der Waals surface area contributed by atoms with Crippen molar-refractivity contribution >= 4 is 5.91 Å². The molecule has 1 fully saturated rings. The lowest BCUT2D eigenvalue weighted by Crippen LogP contribution is -2.52. The van der Waals surface area contributed by atoms with Gasteiger partial charge in [0.1, 0.15) is 0 Å². The Kier molecular flexibility index (Phi) is 6.17. The first-order chi connectivity index (χ1) is 12.0. The highest BCUT2D eigenvalue weighted by molar-refractivity contribution is 5.78. The van der Waals surface area contributed by atoms with Crippen molar-refractivity contribution in [2.75, 3.05) is 19.6 Å². The van der Waals surface area contributed by atoms with E-state index in [1.165, 1.54) is 0 Å². The maximum atomic E-state index is 12.8. The summed E-state index contributed by atoms with van der Waals surface area (Å²) in [4.78, 5) is 13.9. The Morgan fingerprint density at radius 3 is 2.27 bits per heavy atom. The molecule has 144 valence electrons. The number of benzene rings is 1. The molecule has 0 aromatic heterocycles. The number of rotatable bonds is 5. The molecule has 0 aliphatic carbocycles. The third-order valence-corrected chi connectivity index (χ3v) is 4.78. The highest BCUT2D eigenvalue weighted by Gasteiger charge is 2.33. The minimum atomic E-state index is -4.32. The predicted octanol–water partition coefficient (Wildman–Crippen LogP) is 4.14. The second-order valence-electron chi connectivity index (χ2n) is 7.79. The Labute approximate surface area is 153 Å². The van der Waals surface area contributed by atoms with E-state index in [-0.39, 0.29) is 17.4 Å². The monoisotopic (exact) mass is 368 g/mol. The van der Waals surface area contributed by atoms with Crippen LogP contribution in [0.2, 0.25) is 0 Å². The molecular weight excluding hydrogens is 341 g/mol. The average Bonchev–Trinajstić information content (AvgIpc) is 2.53. The lowest BCUT2D eigenvalue weighted by molar-refractivity contribution is -0.137. The molecule has 0 bridgehead atoms. The van der Waals surface area contributed by atoms with Crippen LogP contribution in [0.25, 0.3) is 0 Å². The highest BCUT2D eigenvalue weighted by Crippen LogP contribution is 2.34. The summed E-state index contributed by atoms with van der Waals surface area (Å²) in [7, 11) is 0. The Bertz CT molecular complexity index is 659. The van der Waals surface area contributed by atoms with Crippen LogP contribution in [0, 0.1) is 0 Å². The number of alkyl halides is 3. The number of piperazine rings is 1. The summed E-state index contributed by atoms with van der Waals surface area (Å²) in [6.45, 7) is 9.83. The summed E-state index contributed by atoms with van der Waals surface area (Å²) in [6, 6.07) is 5.46. The number of hydrogen-bond acceptors (Lipinski definition) is 2. The van der Waals surface area contributed by atoms with Crippen LogP contribution >= 0.6 is 0 Å². The zero-order valence-electron chi connectivity index (χ0n) is 15.8. The van der Waals surface area contributed by atoms with Crippen molar-refractivity contribution in [3.8, 4) is 0 Å². The van der Waals surface area contributed by atoms with Crippen LogP contribution < -0.4 is 5.32 Å². The maximum Gasteiger partial charge on any atom is 0.416 e. The number of allylic oxidation sites excluding steroid dienone is 1. The van der Waals surface area contributed by atoms with E-state index in [1.54, 1.807) is 12.1 Å². The van der Waals surface area contributed by atoms with Crippen molar-refractivity contribution in [1.82, 2.24) is 10.2 Å². The van der Waals surface area contributed by atoms with Crippen LogP contribution in [0.15, 0.2) is 35.9 Å². The molecule has 1 aromatic carbocycles. The molecule has 0 spiro atoms. The molecule has 1 unspecified atom stereocenters. The van der Waals surface area contributed by atoms with Crippen molar-refractivity contribution in [1.29, 1.82) is 0 Å². The van der Waals surface area contributed by atoms with E-state index in [2.05, 4.69) is 16.3 Å². The number of carbonyl (C=O) groups is 1. The lowest BCUT2D eigenvalue weighted by Gasteiger charge is -2.38. The van der Waals surface area contributed by atoms with E-state index in [0.717, 1.165) is 36.2 Å². The average molecular weight is 368 g/mol. The van der Waals surface area contributed by atoms with Crippen molar-refractivity contribution < 1.29 is 18.0 Å². The molecule has 1 saturated heterocycles. The van der Waals surface area contributed by atoms with Crippen LogP contribution in [-0.4, -0.2) is 36.5 Å². The van der Waals surface area contributed by atoms with Crippen LogP contribution in [0.1, 0.15) is 45.2 Å². The zero-order valence-corrected chi connectivity index (χ0v) is 15.8. The molecular formula is C20H27F3N2O. The maximum absolute atomic E-state index is 12.8. The summed E-state index contributed by atoms with van der Waals surface area (Å²) in [5.74, 6) is 0.00995. The summed E-state index contributed by atoms with van der Waals surface area (Å²) < 4.78 is 38.4. The molecule has 0 saturated carbocycles. The molecule has 1 aliphatic rings. The molecule has 1 heterocycles. The van der Waals surface area contributed by atoms with Gasteiger partial charge in [-0.25, -0.2) is 0 Å². The van der Waals surface area contributed by atoms with Gasteiger partial charge in [-0.3, -0.25) is 9.69 Å². The van der Waals surface area contributed by atoms with Gasteiger partial charge in [0.05, 0.1) is 12.1 Å². The Balaban J connectivity index is 2.22. The van der Waals surface area contributed by atoms with Gasteiger partial charge in [-0.15, -0.1) is 0 Å². The third kappa shape index (κ3) is 5.34. The van der Waals surface area contributed by atoms with Crippen LogP contribution in [0.4, 0.5) is 13.2 Å². The van der Waals surface area contributed by atoms with E-state index in [9.17, 15) is 18.0 Å². The molecule has 1 amide bonds. The van der Waals surface area contributed by atoms with Gasteiger partial charge >= 0.3 is 6.18 Å². The van der Waals surface area contributed by atoms with E-state index >= 15 is 0 Å². The normalized spacial score (nSPS) is 17.6. The molecule has 2 rings (SSSR count). The van der Waals surface area contributed by atoms with Gasteiger partial charge in [-0.2, -0.15) is 13.2 Å². The summed E-state index contributed by atoms with van der Waals surface area (Å²) in [5.41, 5.74) is 1.06. The van der Waals surface area contributed by atoms with Gasteiger partial charge in [-0.05, 0) is 43.4 Å².